The number of amides is 2. The van der Waals surface area contributed by atoms with Crippen LogP contribution >= 0.6 is 0 Å². The molecule has 0 saturated carbocycles. The molecule has 3 heterocycles. The highest BCUT2D eigenvalue weighted by Crippen LogP contribution is 2.36. The smallest absolute Gasteiger partial charge is 0.319 e. The molecule has 25 heavy (non-hydrogen) atoms. The van der Waals surface area contributed by atoms with Crippen LogP contribution in [0.15, 0.2) is 0 Å². The van der Waals surface area contributed by atoms with Crippen molar-refractivity contribution < 1.29 is 9.53 Å². The van der Waals surface area contributed by atoms with E-state index in [-0.39, 0.29) is 17.6 Å². The Morgan fingerprint density at radius 2 is 1.72 bits per heavy atom. The molecule has 0 aromatic rings. The van der Waals surface area contributed by atoms with Crippen LogP contribution in [-0.2, 0) is 4.74 Å². The summed E-state index contributed by atoms with van der Waals surface area (Å²) < 4.78 is 5.49. The van der Waals surface area contributed by atoms with Crippen molar-refractivity contribution in [2.75, 3.05) is 53.0 Å². The van der Waals surface area contributed by atoms with Gasteiger partial charge in [0.05, 0.1) is 19.3 Å². The maximum Gasteiger partial charge on any atom is 0.319 e. The van der Waals surface area contributed by atoms with Crippen LogP contribution < -0.4 is 0 Å². The summed E-state index contributed by atoms with van der Waals surface area (Å²) >= 11 is 0. The summed E-state index contributed by atoms with van der Waals surface area (Å²) in [5.41, 5.74) is 0.212. The number of likely N-dealkylation sites (tertiary alicyclic amines) is 1. The fourth-order valence-electron chi connectivity index (χ4n) is 4.44. The molecule has 0 radical (unpaired) electrons. The molecular weight excluding hydrogens is 316 g/mol. The van der Waals surface area contributed by atoms with Crippen LogP contribution in [0.25, 0.3) is 0 Å². The van der Waals surface area contributed by atoms with Gasteiger partial charge in [-0.15, -0.1) is 0 Å². The maximum atomic E-state index is 12.7. The highest BCUT2D eigenvalue weighted by atomic mass is 16.5. The molecule has 0 bridgehead atoms. The lowest BCUT2D eigenvalue weighted by molar-refractivity contribution is -0.143. The van der Waals surface area contributed by atoms with Gasteiger partial charge in [-0.05, 0) is 40.5 Å². The minimum Gasteiger partial charge on any atom is -0.378 e. The largest absolute Gasteiger partial charge is 0.378 e. The zero-order valence-corrected chi connectivity index (χ0v) is 16.7. The van der Waals surface area contributed by atoms with Crippen molar-refractivity contribution in [3.05, 3.63) is 0 Å². The molecule has 3 fully saturated rings. The summed E-state index contributed by atoms with van der Waals surface area (Å²) in [6.07, 6.45) is 2.15. The Labute approximate surface area is 153 Å². The molecule has 6 heteroatoms. The lowest BCUT2D eigenvalue weighted by atomic mass is 9.81. The summed E-state index contributed by atoms with van der Waals surface area (Å²) in [6.45, 7) is 15.6. The van der Waals surface area contributed by atoms with Crippen molar-refractivity contribution in [1.29, 1.82) is 0 Å². The predicted molar refractivity (Wildman–Crippen MR) is 99.9 cm³/mol. The lowest BCUT2D eigenvalue weighted by Gasteiger charge is -2.58. The highest BCUT2D eigenvalue weighted by Gasteiger charge is 2.48. The van der Waals surface area contributed by atoms with Crippen molar-refractivity contribution in [3.63, 3.8) is 0 Å². The van der Waals surface area contributed by atoms with Gasteiger partial charge in [0.1, 0.15) is 0 Å². The summed E-state index contributed by atoms with van der Waals surface area (Å²) in [4.78, 5) is 21.9. The quantitative estimate of drug-likeness (QED) is 0.775. The Kier molecular flexibility index (Phi) is 5.61. The van der Waals surface area contributed by atoms with E-state index in [1.165, 1.54) is 0 Å². The molecule has 3 saturated heterocycles. The second kappa shape index (κ2) is 7.41. The normalized spacial score (nSPS) is 25.6. The van der Waals surface area contributed by atoms with Crippen LogP contribution in [0, 0.1) is 0 Å². The van der Waals surface area contributed by atoms with Crippen LogP contribution in [0.3, 0.4) is 0 Å². The number of ether oxygens (including phenoxy) is 1. The van der Waals surface area contributed by atoms with E-state index in [9.17, 15) is 4.79 Å². The molecule has 0 unspecified atom stereocenters. The lowest BCUT2D eigenvalue weighted by Crippen LogP contribution is -2.71. The van der Waals surface area contributed by atoms with Crippen molar-refractivity contribution >= 4 is 6.03 Å². The van der Waals surface area contributed by atoms with Gasteiger partial charge in [0.15, 0.2) is 0 Å². The van der Waals surface area contributed by atoms with Crippen LogP contribution in [0.5, 0.6) is 0 Å². The average molecular weight is 353 g/mol. The molecule has 0 aliphatic carbocycles. The van der Waals surface area contributed by atoms with Gasteiger partial charge in [-0.2, -0.15) is 0 Å². The van der Waals surface area contributed by atoms with Crippen LogP contribution in [0.1, 0.15) is 40.5 Å². The van der Waals surface area contributed by atoms with Gasteiger partial charge in [-0.3, -0.25) is 9.80 Å². The van der Waals surface area contributed by atoms with E-state index in [4.69, 9.17) is 4.74 Å². The summed E-state index contributed by atoms with van der Waals surface area (Å²) in [6, 6.07) is 1.59. The number of carbonyl (C=O) groups excluding carboxylic acids is 1. The van der Waals surface area contributed by atoms with E-state index in [2.05, 4.69) is 42.4 Å². The minimum atomic E-state index is 0.180. The third-order valence-corrected chi connectivity index (χ3v) is 6.57. The monoisotopic (exact) mass is 352 g/mol. The minimum absolute atomic E-state index is 0.180. The molecule has 1 spiro atoms. The predicted octanol–water partition coefficient (Wildman–Crippen LogP) is 1.71. The summed E-state index contributed by atoms with van der Waals surface area (Å²) in [5.74, 6) is 0. The molecule has 3 aliphatic rings. The number of nitrogens with zero attached hydrogens (tertiary/aromatic N) is 4. The fourth-order valence-corrected chi connectivity index (χ4v) is 4.44. The first kappa shape index (κ1) is 18.9. The zero-order valence-electron chi connectivity index (χ0n) is 16.7. The molecule has 144 valence electrons. The molecular formula is C19H36N4O2. The number of carbonyl (C=O) groups is 1. The van der Waals surface area contributed by atoms with Gasteiger partial charge >= 0.3 is 6.03 Å². The van der Waals surface area contributed by atoms with Crippen LogP contribution in [0.2, 0.25) is 0 Å². The van der Waals surface area contributed by atoms with Gasteiger partial charge < -0.3 is 14.5 Å². The Morgan fingerprint density at radius 1 is 1.08 bits per heavy atom. The van der Waals surface area contributed by atoms with Crippen molar-refractivity contribution in [2.24, 2.45) is 0 Å². The molecule has 0 N–H and O–H groups in total. The highest BCUT2D eigenvalue weighted by molar-refractivity contribution is 5.74. The van der Waals surface area contributed by atoms with Crippen LogP contribution in [0.4, 0.5) is 4.79 Å². The van der Waals surface area contributed by atoms with E-state index < -0.39 is 0 Å². The summed E-state index contributed by atoms with van der Waals surface area (Å²) in [7, 11) is 1.91. The Balaban J connectivity index is 1.69. The molecule has 0 aromatic heterocycles. The number of piperidine rings is 1. The van der Waals surface area contributed by atoms with E-state index in [0.29, 0.717) is 12.1 Å². The zero-order chi connectivity index (χ0) is 18.2. The fraction of sp³-hybridized carbons (Fsp3) is 0.947. The van der Waals surface area contributed by atoms with E-state index in [0.717, 1.165) is 58.8 Å². The third-order valence-electron chi connectivity index (χ3n) is 6.57. The first-order valence-electron chi connectivity index (χ1n) is 9.94. The Bertz CT molecular complexity index is 470. The first-order chi connectivity index (χ1) is 11.8. The Morgan fingerprint density at radius 3 is 2.20 bits per heavy atom. The molecule has 2 amide bonds. The van der Waals surface area contributed by atoms with Gasteiger partial charge in [0, 0.05) is 57.4 Å². The molecule has 3 aliphatic heterocycles. The second-order valence-corrected chi connectivity index (χ2v) is 8.65. The number of hydrogen-bond acceptors (Lipinski definition) is 4. The maximum absolute atomic E-state index is 12.7. The topological polar surface area (TPSA) is 39.3 Å². The molecule has 0 aromatic carbocycles. The van der Waals surface area contributed by atoms with Gasteiger partial charge in [0.2, 0.25) is 0 Å². The number of urea groups is 1. The first-order valence-corrected chi connectivity index (χ1v) is 9.94. The van der Waals surface area contributed by atoms with E-state index in [1.54, 1.807) is 0 Å². The van der Waals surface area contributed by atoms with Crippen molar-refractivity contribution in [2.45, 2.75) is 64.2 Å². The third kappa shape index (κ3) is 3.67. The second-order valence-electron chi connectivity index (χ2n) is 8.65. The standard InChI is InChI=1S/C19H36N4O2/c1-15(2)20(5)18(24)21-8-6-19(7-9-21)14-22(16(3)4)10-11-23(19)17-12-25-13-17/h15-17H,6-14H2,1-5H3. The van der Waals surface area contributed by atoms with Gasteiger partial charge in [-0.1, -0.05) is 0 Å². The summed E-state index contributed by atoms with van der Waals surface area (Å²) in [5, 5.41) is 0. The van der Waals surface area contributed by atoms with Crippen molar-refractivity contribution in [3.8, 4) is 0 Å². The van der Waals surface area contributed by atoms with Crippen LogP contribution in [-0.4, -0.2) is 102 Å². The van der Waals surface area contributed by atoms with Crippen molar-refractivity contribution in [1.82, 2.24) is 19.6 Å². The molecule has 6 nitrogen and oxygen atoms in total. The number of hydrogen-bond donors (Lipinski definition) is 0. The molecule has 3 rings (SSSR count). The van der Waals surface area contributed by atoms with E-state index >= 15 is 0 Å². The van der Waals surface area contributed by atoms with E-state index in [1.807, 2.05) is 11.9 Å². The Hall–Kier alpha value is -0.850. The van der Waals surface area contributed by atoms with Gasteiger partial charge in [-0.25, -0.2) is 4.79 Å². The SMILES string of the molecule is CC(C)N1CCN(C2COC2)C2(CCN(C(=O)N(C)C(C)C)CC2)C1. The number of piperazine rings is 1. The number of rotatable bonds is 3. The van der Waals surface area contributed by atoms with Gasteiger partial charge in [0.25, 0.3) is 0 Å². The average Bonchev–Trinajstić information content (AvgIpc) is 2.54. The molecule has 0 atom stereocenters.